The summed E-state index contributed by atoms with van der Waals surface area (Å²) in [6.07, 6.45) is 0. The molecule has 126 valence electrons. The van der Waals surface area contributed by atoms with Crippen molar-refractivity contribution in [2.24, 2.45) is 0 Å². The number of benzene rings is 2. The summed E-state index contributed by atoms with van der Waals surface area (Å²) >= 11 is 0.442. The van der Waals surface area contributed by atoms with Gasteiger partial charge in [0.15, 0.2) is 12.4 Å². The summed E-state index contributed by atoms with van der Waals surface area (Å²) < 4.78 is 29.8. The molecule has 0 saturated carbocycles. The molecular formula is C17H15F2NO3S. The first-order valence-corrected chi connectivity index (χ1v) is 7.90. The molecule has 0 heterocycles. The van der Waals surface area contributed by atoms with Gasteiger partial charge in [-0.15, -0.1) is 0 Å². The molecule has 0 fully saturated rings. The normalized spacial score (nSPS) is 10.5. The van der Waals surface area contributed by atoms with E-state index >= 15 is 0 Å². The van der Waals surface area contributed by atoms with Gasteiger partial charge in [0.2, 0.25) is 0 Å². The van der Waals surface area contributed by atoms with E-state index in [1.807, 2.05) is 0 Å². The number of Topliss-reactive ketones (excluding diaryl/α,β-unsaturated/α-hetero) is 1. The summed E-state index contributed by atoms with van der Waals surface area (Å²) in [4.78, 5) is 23.4. The van der Waals surface area contributed by atoms with E-state index < -0.39 is 5.76 Å². The van der Waals surface area contributed by atoms with Crippen molar-refractivity contribution in [3.05, 3.63) is 54.1 Å². The van der Waals surface area contributed by atoms with Crippen molar-refractivity contribution in [2.75, 3.05) is 11.9 Å². The minimum atomic E-state index is -2.48. The average Bonchev–Trinajstić information content (AvgIpc) is 2.54. The third-order valence-corrected chi connectivity index (χ3v) is 3.72. The molecule has 0 aliphatic carbocycles. The van der Waals surface area contributed by atoms with E-state index in [-0.39, 0.29) is 18.3 Å². The summed E-state index contributed by atoms with van der Waals surface area (Å²) in [7, 11) is 0. The molecule has 0 saturated heterocycles. The van der Waals surface area contributed by atoms with Crippen LogP contribution in [0.3, 0.4) is 0 Å². The van der Waals surface area contributed by atoms with E-state index in [1.165, 1.54) is 19.1 Å². The summed E-state index contributed by atoms with van der Waals surface area (Å²) in [5.41, 5.74) is 1.06. The number of ketones is 1. The number of carbonyl (C=O) groups is 2. The Bertz CT molecular complexity index is 703. The molecule has 0 spiro atoms. The SMILES string of the molecule is CC(=O)c1ccc(OCC(=O)Nc2ccc(SC(F)F)cc2)cc1. The van der Waals surface area contributed by atoms with Crippen molar-refractivity contribution < 1.29 is 23.1 Å². The van der Waals surface area contributed by atoms with E-state index in [4.69, 9.17) is 4.74 Å². The fourth-order valence-electron chi connectivity index (χ4n) is 1.85. The molecule has 0 atom stereocenters. The van der Waals surface area contributed by atoms with Crippen LogP contribution in [0.25, 0.3) is 0 Å². The number of alkyl halides is 2. The van der Waals surface area contributed by atoms with Crippen LogP contribution in [0.2, 0.25) is 0 Å². The Morgan fingerprint density at radius 3 is 2.25 bits per heavy atom. The van der Waals surface area contributed by atoms with Gasteiger partial charge in [0, 0.05) is 16.1 Å². The number of thioether (sulfide) groups is 1. The van der Waals surface area contributed by atoms with Crippen LogP contribution in [0.1, 0.15) is 17.3 Å². The molecule has 0 unspecified atom stereocenters. The molecule has 0 aromatic heterocycles. The predicted octanol–water partition coefficient (Wildman–Crippen LogP) is 4.22. The van der Waals surface area contributed by atoms with Crippen molar-refractivity contribution >= 4 is 29.1 Å². The van der Waals surface area contributed by atoms with Crippen LogP contribution < -0.4 is 10.1 Å². The zero-order valence-corrected chi connectivity index (χ0v) is 13.6. The highest BCUT2D eigenvalue weighted by atomic mass is 32.2. The summed E-state index contributed by atoms with van der Waals surface area (Å²) in [5, 5.41) is 2.61. The first kappa shape index (κ1) is 17.9. The first-order chi connectivity index (χ1) is 11.4. The molecule has 2 aromatic rings. The number of carbonyl (C=O) groups excluding carboxylic acids is 2. The number of nitrogens with one attached hydrogen (secondary N) is 1. The third-order valence-electron chi connectivity index (χ3n) is 2.99. The second-order valence-corrected chi connectivity index (χ2v) is 5.88. The lowest BCUT2D eigenvalue weighted by atomic mass is 10.1. The highest BCUT2D eigenvalue weighted by Crippen LogP contribution is 2.26. The van der Waals surface area contributed by atoms with Gasteiger partial charge in [-0.3, -0.25) is 9.59 Å². The number of amides is 1. The zero-order chi connectivity index (χ0) is 17.5. The number of rotatable bonds is 7. The van der Waals surface area contributed by atoms with Gasteiger partial charge in [0.25, 0.3) is 11.7 Å². The van der Waals surface area contributed by atoms with Crippen molar-refractivity contribution in [1.82, 2.24) is 0 Å². The highest BCUT2D eigenvalue weighted by molar-refractivity contribution is 7.99. The van der Waals surface area contributed by atoms with Gasteiger partial charge in [0.1, 0.15) is 5.75 Å². The van der Waals surface area contributed by atoms with Crippen LogP contribution in [0.15, 0.2) is 53.4 Å². The fraction of sp³-hybridized carbons (Fsp3) is 0.176. The smallest absolute Gasteiger partial charge is 0.288 e. The van der Waals surface area contributed by atoms with Crippen LogP contribution >= 0.6 is 11.8 Å². The van der Waals surface area contributed by atoms with Crippen LogP contribution in [0, 0.1) is 0 Å². The van der Waals surface area contributed by atoms with Crippen LogP contribution in [0.5, 0.6) is 5.75 Å². The van der Waals surface area contributed by atoms with Gasteiger partial charge >= 0.3 is 0 Å². The van der Waals surface area contributed by atoms with E-state index in [1.54, 1.807) is 36.4 Å². The minimum absolute atomic E-state index is 0.0484. The minimum Gasteiger partial charge on any atom is -0.484 e. The van der Waals surface area contributed by atoms with Crippen LogP contribution in [-0.4, -0.2) is 24.1 Å². The Hall–Kier alpha value is -2.41. The summed E-state index contributed by atoms with van der Waals surface area (Å²) in [6.45, 7) is 1.27. The van der Waals surface area contributed by atoms with E-state index in [0.717, 1.165) is 0 Å². The number of anilines is 1. The fourth-order valence-corrected chi connectivity index (χ4v) is 2.35. The molecule has 24 heavy (non-hydrogen) atoms. The topological polar surface area (TPSA) is 55.4 Å². The van der Waals surface area contributed by atoms with Crippen LogP contribution in [-0.2, 0) is 4.79 Å². The van der Waals surface area contributed by atoms with Crippen LogP contribution in [0.4, 0.5) is 14.5 Å². The molecule has 2 rings (SSSR count). The van der Waals surface area contributed by atoms with Gasteiger partial charge in [-0.25, -0.2) is 0 Å². The monoisotopic (exact) mass is 351 g/mol. The average molecular weight is 351 g/mol. The Balaban J connectivity index is 1.83. The molecule has 1 N–H and O–H groups in total. The number of hydrogen-bond donors (Lipinski definition) is 1. The lowest BCUT2D eigenvalue weighted by Gasteiger charge is -2.08. The molecule has 0 aliphatic heterocycles. The van der Waals surface area contributed by atoms with E-state index in [9.17, 15) is 18.4 Å². The van der Waals surface area contributed by atoms with Crippen molar-refractivity contribution in [2.45, 2.75) is 17.6 Å². The van der Waals surface area contributed by atoms with Crippen molar-refractivity contribution in [3.8, 4) is 5.75 Å². The van der Waals surface area contributed by atoms with Gasteiger partial charge in [0.05, 0.1) is 0 Å². The lowest BCUT2D eigenvalue weighted by Crippen LogP contribution is -2.20. The Labute approximate surface area is 142 Å². The molecule has 0 radical (unpaired) electrons. The van der Waals surface area contributed by atoms with Crippen molar-refractivity contribution in [3.63, 3.8) is 0 Å². The Kier molecular flexibility index (Phi) is 6.31. The van der Waals surface area contributed by atoms with Gasteiger partial charge < -0.3 is 10.1 Å². The molecule has 0 aliphatic rings. The predicted molar refractivity (Wildman–Crippen MR) is 88.9 cm³/mol. The number of hydrogen-bond acceptors (Lipinski definition) is 4. The lowest BCUT2D eigenvalue weighted by molar-refractivity contribution is -0.118. The molecule has 1 amide bonds. The quantitative estimate of drug-likeness (QED) is 0.599. The number of ether oxygens (including phenoxy) is 1. The molecule has 4 nitrogen and oxygen atoms in total. The second kappa shape index (κ2) is 8.44. The van der Waals surface area contributed by atoms with Gasteiger partial charge in [-0.1, -0.05) is 11.8 Å². The second-order valence-electron chi connectivity index (χ2n) is 4.82. The van der Waals surface area contributed by atoms with Gasteiger partial charge in [-0.2, -0.15) is 8.78 Å². The summed E-state index contributed by atoms with van der Waals surface area (Å²) in [6, 6.07) is 12.6. The maximum atomic E-state index is 12.2. The maximum Gasteiger partial charge on any atom is 0.288 e. The summed E-state index contributed by atoms with van der Waals surface area (Å²) in [5.74, 6) is -2.43. The van der Waals surface area contributed by atoms with E-state index in [2.05, 4.69) is 5.32 Å². The standard InChI is InChI=1S/C17H15F2NO3S/c1-11(21)12-2-6-14(7-3-12)23-10-16(22)20-13-4-8-15(9-5-13)24-17(18)19/h2-9,17H,10H2,1H3,(H,20,22). The van der Waals surface area contributed by atoms with Crippen molar-refractivity contribution in [1.29, 1.82) is 0 Å². The van der Waals surface area contributed by atoms with E-state index in [0.29, 0.717) is 33.7 Å². The largest absolute Gasteiger partial charge is 0.484 e. The maximum absolute atomic E-state index is 12.2. The Morgan fingerprint density at radius 2 is 1.71 bits per heavy atom. The third kappa shape index (κ3) is 5.66. The number of halogens is 2. The molecular weight excluding hydrogens is 336 g/mol. The molecule has 0 bridgehead atoms. The Morgan fingerprint density at radius 1 is 1.08 bits per heavy atom. The van der Waals surface area contributed by atoms with Gasteiger partial charge in [-0.05, 0) is 55.5 Å². The zero-order valence-electron chi connectivity index (χ0n) is 12.8. The highest BCUT2D eigenvalue weighted by Gasteiger charge is 2.07. The molecule has 2 aromatic carbocycles. The first-order valence-electron chi connectivity index (χ1n) is 7.02. The molecule has 7 heteroatoms.